The molecule has 0 spiro atoms. The zero-order valence-electron chi connectivity index (χ0n) is 11.4. The Labute approximate surface area is 111 Å². The third kappa shape index (κ3) is 2.45. The van der Waals surface area contributed by atoms with Crippen molar-refractivity contribution in [2.45, 2.75) is 44.8 Å². The van der Waals surface area contributed by atoms with Crippen LogP contribution in [0.3, 0.4) is 0 Å². The van der Waals surface area contributed by atoms with E-state index in [9.17, 15) is 0 Å². The fraction of sp³-hybridized carbons (Fsp3) is 0.625. The zero-order valence-corrected chi connectivity index (χ0v) is 11.4. The van der Waals surface area contributed by atoms with Gasteiger partial charge < -0.3 is 0 Å². The summed E-state index contributed by atoms with van der Waals surface area (Å²) in [5.74, 6) is 0. The number of benzene rings is 1. The molecule has 18 heavy (non-hydrogen) atoms. The molecular weight excluding hydrogens is 220 g/mol. The second-order valence-corrected chi connectivity index (χ2v) is 5.77. The van der Waals surface area contributed by atoms with Gasteiger partial charge in [0, 0.05) is 31.7 Å². The van der Waals surface area contributed by atoms with Gasteiger partial charge in [0.15, 0.2) is 0 Å². The molecule has 2 aliphatic heterocycles. The second kappa shape index (κ2) is 5.41. The van der Waals surface area contributed by atoms with E-state index < -0.39 is 0 Å². The van der Waals surface area contributed by atoms with E-state index in [1.807, 2.05) is 0 Å². The Hall–Kier alpha value is -0.860. The van der Waals surface area contributed by atoms with E-state index in [1.54, 1.807) is 0 Å². The molecule has 0 radical (unpaired) electrons. The standard InChI is InChI=1S/C16H24N2/c1-2-15-12-17-10-6-9-16(17)13-18(15)11-14-7-4-3-5-8-14/h3-5,7-8,15-16H,2,6,9-13H2,1H3. The minimum Gasteiger partial charge on any atom is -0.298 e. The van der Waals surface area contributed by atoms with Crippen LogP contribution in [0, 0.1) is 0 Å². The SMILES string of the molecule is CCC1CN2CCCC2CN1Cc1ccccc1. The van der Waals surface area contributed by atoms with Gasteiger partial charge in [-0.05, 0) is 31.4 Å². The highest BCUT2D eigenvalue weighted by atomic mass is 15.3. The third-order valence-electron chi connectivity index (χ3n) is 4.61. The minimum absolute atomic E-state index is 0.750. The first-order valence-electron chi connectivity index (χ1n) is 7.39. The van der Waals surface area contributed by atoms with Crippen molar-refractivity contribution >= 4 is 0 Å². The fourth-order valence-electron chi connectivity index (χ4n) is 3.55. The first kappa shape index (κ1) is 12.2. The van der Waals surface area contributed by atoms with Gasteiger partial charge >= 0.3 is 0 Å². The van der Waals surface area contributed by atoms with Crippen molar-refractivity contribution in [2.75, 3.05) is 19.6 Å². The molecule has 0 saturated carbocycles. The number of fused-ring (bicyclic) bond motifs is 1. The van der Waals surface area contributed by atoms with Crippen LogP contribution in [0.4, 0.5) is 0 Å². The van der Waals surface area contributed by atoms with Gasteiger partial charge in [-0.25, -0.2) is 0 Å². The zero-order chi connectivity index (χ0) is 12.4. The number of hydrogen-bond acceptors (Lipinski definition) is 2. The Morgan fingerprint density at radius 2 is 2.00 bits per heavy atom. The molecule has 1 aromatic rings. The van der Waals surface area contributed by atoms with Crippen molar-refractivity contribution in [1.82, 2.24) is 9.80 Å². The van der Waals surface area contributed by atoms with Gasteiger partial charge in [0.1, 0.15) is 0 Å². The molecule has 3 rings (SSSR count). The monoisotopic (exact) mass is 244 g/mol. The maximum Gasteiger partial charge on any atom is 0.0237 e. The molecule has 98 valence electrons. The molecule has 2 atom stereocenters. The van der Waals surface area contributed by atoms with Crippen LogP contribution in [0.15, 0.2) is 30.3 Å². The topological polar surface area (TPSA) is 6.48 Å². The maximum atomic E-state index is 2.72. The van der Waals surface area contributed by atoms with Gasteiger partial charge in [-0.15, -0.1) is 0 Å². The van der Waals surface area contributed by atoms with E-state index in [2.05, 4.69) is 47.1 Å². The predicted octanol–water partition coefficient (Wildman–Crippen LogP) is 2.75. The molecular formula is C16H24N2. The van der Waals surface area contributed by atoms with Crippen LogP contribution in [0.5, 0.6) is 0 Å². The van der Waals surface area contributed by atoms with E-state index in [-0.39, 0.29) is 0 Å². The summed E-state index contributed by atoms with van der Waals surface area (Å²) in [5.41, 5.74) is 1.46. The molecule has 2 nitrogen and oxygen atoms in total. The van der Waals surface area contributed by atoms with Crippen LogP contribution >= 0.6 is 0 Å². The average molecular weight is 244 g/mol. The molecule has 1 aromatic carbocycles. The van der Waals surface area contributed by atoms with Crippen molar-refractivity contribution in [3.05, 3.63) is 35.9 Å². The second-order valence-electron chi connectivity index (χ2n) is 5.77. The number of hydrogen-bond donors (Lipinski definition) is 0. The fourth-order valence-corrected chi connectivity index (χ4v) is 3.55. The lowest BCUT2D eigenvalue weighted by molar-refractivity contribution is 0.0437. The summed E-state index contributed by atoms with van der Waals surface area (Å²) < 4.78 is 0. The number of rotatable bonds is 3. The highest BCUT2D eigenvalue weighted by Gasteiger charge is 2.35. The molecule has 0 aliphatic carbocycles. The molecule has 0 bridgehead atoms. The van der Waals surface area contributed by atoms with Crippen molar-refractivity contribution < 1.29 is 0 Å². The predicted molar refractivity (Wildman–Crippen MR) is 75.5 cm³/mol. The number of nitrogens with zero attached hydrogens (tertiary/aromatic N) is 2. The molecule has 2 unspecified atom stereocenters. The molecule has 2 heteroatoms. The van der Waals surface area contributed by atoms with Crippen LogP contribution in [-0.2, 0) is 6.54 Å². The molecule has 2 fully saturated rings. The Morgan fingerprint density at radius 1 is 1.17 bits per heavy atom. The summed E-state index contributed by atoms with van der Waals surface area (Å²) >= 11 is 0. The summed E-state index contributed by atoms with van der Waals surface area (Å²) in [7, 11) is 0. The van der Waals surface area contributed by atoms with Gasteiger partial charge in [0.25, 0.3) is 0 Å². The Morgan fingerprint density at radius 3 is 2.78 bits per heavy atom. The van der Waals surface area contributed by atoms with Crippen LogP contribution in [0.1, 0.15) is 31.7 Å². The van der Waals surface area contributed by atoms with Crippen LogP contribution < -0.4 is 0 Å². The maximum absolute atomic E-state index is 2.72. The lowest BCUT2D eigenvalue weighted by Gasteiger charge is -2.43. The van der Waals surface area contributed by atoms with Crippen molar-refractivity contribution in [1.29, 1.82) is 0 Å². The largest absolute Gasteiger partial charge is 0.298 e. The summed E-state index contributed by atoms with van der Waals surface area (Å²) in [6.07, 6.45) is 4.08. The van der Waals surface area contributed by atoms with E-state index in [1.165, 1.54) is 44.5 Å². The smallest absolute Gasteiger partial charge is 0.0237 e. The summed E-state index contributed by atoms with van der Waals surface area (Å²) in [5, 5.41) is 0. The molecule has 0 amide bonds. The normalized spacial score (nSPS) is 29.4. The van der Waals surface area contributed by atoms with E-state index in [0.717, 1.165) is 18.6 Å². The summed E-state index contributed by atoms with van der Waals surface area (Å²) in [6, 6.07) is 12.5. The van der Waals surface area contributed by atoms with Gasteiger partial charge in [0.05, 0.1) is 0 Å². The summed E-state index contributed by atoms with van der Waals surface area (Å²) in [4.78, 5) is 5.43. The third-order valence-corrected chi connectivity index (χ3v) is 4.61. The average Bonchev–Trinajstić information content (AvgIpc) is 2.86. The van der Waals surface area contributed by atoms with E-state index >= 15 is 0 Å². The Kier molecular flexibility index (Phi) is 3.67. The highest BCUT2D eigenvalue weighted by molar-refractivity contribution is 5.15. The van der Waals surface area contributed by atoms with Gasteiger partial charge in [-0.3, -0.25) is 9.80 Å². The molecule has 2 heterocycles. The van der Waals surface area contributed by atoms with Crippen LogP contribution in [0.25, 0.3) is 0 Å². The van der Waals surface area contributed by atoms with E-state index in [0.29, 0.717) is 0 Å². The molecule has 2 saturated heterocycles. The first-order chi connectivity index (χ1) is 8.86. The summed E-state index contributed by atoms with van der Waals surface area (Å²) in [6.45, 7) is 7.35. The first-order valence-corrected chi connectivity index (χ1v) is 7.39. The van der Waals surface area contributed by atoms with E-state index in [4.69, 9.17) is 0 Å². The van der Waals surface area contributed by atoms with Gasteiger partial charge in [-0.2, -0.15) is 0 Å². The molecule has 2 aliphatic rings. The van der Waals surface area contributed by atoms with Crippen molar-refractivity contribution in [2.24, 2.45) is 0 Å². The Bertz CT molecular complexity index is 376. The van der Waals surface area contributed by atoms with Gasteiger partial charge in [-0.1, -0.05) is 37.3 Å². The Balaban J connectivity index is 1.69. The lowest BCUT2D eigenvalue weighted by atomic mass is 10.0. The lowest BCUT2D eigenvalue weighted by Crippen LogP contribution is -2.55. The minimum atomic E-state index is 0.750. The van der Waals surface area contributed by atoms with Gasteiger partial charge in [0.2, 0.25) is 0 Å². The van der Waals surface area contributed by atoms with Crippen LogP contribution in [0.2, 0.25) is 0 Å². The molecule has 0 aromatic heterocycles. The number of piperazine rings is 1. The highest BCUT2D eigenvalue weighted by Crippen LogP contribution is 2.26. The molecule has 0 N–H and O–H groups in total. The van der Waals surface area contributed by atoms with Crippen molar-refractivity contribution in [3.63, 3.8) is 0 Å². The van der Waals surface area contributed by atoms with Crippen molar-refractivity contribution in [3.8, 4) is 0 Å². The van der Waals surface area contributed by atoms with Crippen LogP contribution in [-0.4, -0.2) is 41.5 Å². The quantitative estimate of drug-likeness (QED) is 0.806.